The number of piperidine rings is 1. The van der Waals surface area contributed by atoms with E-state index in [0.717, 1.165) is 57.9 Å². The molecule has 2 saturated heterocycles. The van der Waals surface area contributed by atoms with E-state index in [9.17, 15) is 9.90 Å². The Bertz CT molecular complexity index is 767. The van der Waals surface area contributed by atoms with Gasteiger partial charge in [0.2, 0.25) is 0 Å². The highest BCUT2D eigenvalue weighted by Crippen LogP contribution is 2.26. The number of morpholine rings is 1. The summed E-state index contributed by atoms with van der Waals surface area (Å²) < 4.78 is 5.49. The van der Waals surface area contributed by atoms with Gasteiger partial charge in [-0.3, -0.25) is 9.69 Å². The van der Waals surface area contributed by atoms with Crippen molar-refractivity contribution in [1.82, 2.24) is 10.2 Å². The summed E-state index contributed by atoms with van der Waals surface area (Å²) in [6.45, 7) is 5.56. The number of anilines is 1. The number of benzene rings is 1. The van der Waals surface area contributed by atoms with Crippen LogP contribution >= 0.6 is 11.3 Å². The van der Waals surface area contributed by atoms with Crippen LogP contribution in [0.3, 0.4) is 0 Å². The largest absolute Gasteiger partial charge is 0.393 e. The molecule has 4 rings (SSSR count). The second-order valence-electron chi connectivity index (χ2n) is 7.65. The van der Waals surface area contributed by atoms with Gasteiger partial charge in [0, 0.05) is 48.9 Å². The average Bonchev–Trinajstić information content (AvgIpc) is 3.30. The molecule has 1 unspecified atom stereocenters. The van der Waals surface area contributed by atoms with Crippen molar-refractivity contribution in [3.8, 4) is 0 Å². The summed E-state index contributed by atoms with van der Waals surface area (Å²) in [6.07, 6.45) is 1.42. The first-order valence-electron chi connectivity index (χ1n) is 10.4. The highest BCUT2D eigenvalue weighted by Gasteiger charge is 2.24. The molecule has 3 heterocycles. The summed E-state index contributed by atoms with van der Waals surface area (Å²) in [5, 5.41) is 14.9. The first-order valence-corrected chi connectivity index (χ1v) is 11.2. The molecule has 156 valence electrons. The molecule has 2 aliphatic heterocycles. The topological polar surface area (TPSA) is 65.0 Å². The van der Waals surface area contributed by atoms with Crippen LogP contribution in [-0.4, -0.2) is 68.0 Å². The Balaban J connectivity index is 1.36. The number of aliphatic hydroxyl groups is 1. The van der Waals surface area contributed by atoms with E-state index in [2.05, 4.69) is 32.6 Å². The third-order valence-corrected chi connectivity index (χ3v) is 6.75. The third-order valence-electron chi connectivity index (χ3n) is 5.77. The van der Waals surface area contributed by atoms with Crippen molar-refractivity contribution < 1.29 is 14.6 Å². The number of aliphatic hydroxyl groups excluding tert-OH is 1. The van der Waals surface area contributed by atoms with Gasteiger partial charge in [-0.15, -0.1) is 11.3 Å². The standard InChI is InChI=1S/C22H29N3O3S/c26-19-7-9-24(10-8-19)18-5-3-17(4-6-18)22(27)23-16-20(21-2-1-15-29-21)25-11-13-28-14-12-25/h1-6,15,19-20,26H,7-14,16H2,(H,23,27). The van der Waals surface area contributed by atoms with Crippen LogP contribution in [0.4, 0.5) is 5.69 Å². The summed E-state index contributed by atoms with van der Waals surface area (Å²) >= 11 is 1.73. The first-order chi connectivity index (χ1) is 14.2. The fourth-order valence-corrected chi connectivity index (χ4v) is 4.88. The summed E-state index contributed by atoms with van der Waals surface area (Å²) in [4.78, 5) is 18.7. The van der Waals surface area contributed by atoms with Crippen LogP contribution in [0.25, 0.3) is 0 Å². The lowest BCUT2D eigenvalue weighted by Gasteiger charge is -2.34. The zero-order valence-corrected chi connectivity index (χ0v) is 17.4. The van der Waals surface area contributed by atoms with Crippen LogP contribution in [0, 0.1) is 0 Å². The first kappa shape index (κ1) is 20.3. The molecule has 0 bridgehead atoms. The Morgan fingerprint density at radius 3 is 2.52 bits per heavy atom. The van der Waals surface area contributed by atoms with Gasteiger partial charge in [-0.05, 0) is 48.6 Å². The van der Waals surface area contributed by atoms with Crippen LogP contribution in [0.1, 0.15) is 34.1 Å². The number of thiophene rings is 1. The van der Waals surface area contributed by atoms with E-state index in [1.807, 2.05) is 24.3 Å². The van der Waals surface area contributed by atoms with E-state index in [4.69, 9.17) is 4.74 Å². The van der Waals surface area contributed by atoms with Gasteiger partial charge in [0.1, 0.15) is 0 Å². The Hall–Kier alpha value is -1.93. The number of carbonyl (C=O) groups excluding carboxylic acids is 1. The quantitative estimate of drug-likeness (QED) is 0.759. The van der Waals surface area contributed by atoms with Crippen LogP contribution < -0.4 is 10.2 Å². The maximum absolute atomic E-state index is 12.7. The minimum Gasteiger partial charge on any atom is -0.393 e. The van der Waals surface area contributed by atoms with Crippen LogP contribution in [0.5, 0.6) is 0 Å². The van der Waals surface area contributed by atoms with Crippen LogP contribution in [-0.2, 0) is 4.74 Å². The van der Waals surface area contributed by atoms with Crippen molar-refractivity contribution in [3.63, 3.8) is 0 Å². The van der Waals surface area contributed by atoms with E-state index in [0.29, 0.717) is 12.1 Å². The summed E-state index contributed by atoms with van der Waals surface area (Å²) in [5.41, 5.74) is 1.79. The second kappa shape index (κ2) is 9.71. The van der Waals surface area contributed by atoms with E-state index in [-0.39, 0.29) is 18.1 Å². The lowest BCUT2D eigenvalue weighted by molar-refractivity contribution is 0.0169. The highest BCUT2D eigenvalue weighted by molar-refractivity contribution is 7.10. The molecule has 6 nitrogen and oxygen atoms in total. The van der Waals surface area contributed by atoms with Crippen molar-refractivity contribution in [2.45, 2.75) is 25.0 Å². The molecule has 1 atom stereocenters. The molecule has 2 aliphatic rings. The number of rotatable bonds is 6. The molecule has 2 N–H and O–H groups in total. The van der Waals surface area contributed by atoms with Gasteiger partial charge in [0.25, 0.3) is 5.91 Å². The zero-order chi connectivity index (χ0) is 20.1. The normalized spacial score (nSPS) is 19.8. The van der Waals surface area contributed by atoms with Crippen molar-refractivity contribution in [2.75, 3.05) is 50.8 Å². The average molecular weight is 416 g/mol. The molecule has 7 heteroatoms. The van der Waals surface area contributed by atoms with Crippen LogP contribution in [0.15, 0.2) is 41.8 Å². The molecule has 0 spiro atoms. The van der Waals surface area contributed by atoms with Gasteiger partial charge < -0.3 is 20.1 Å². The minimum absolute atomic E-state index is 0.0413. The third kappa shape index (κ3) is 5.17. The van der Waals surface area contributed by atoms with Gasteiger partial charge >= 0.3 is 0 Å². The number of amides is 1. The van der Waals surface area contributed by atoms with Gasteiger partial charge in [0.15, 0.2) is 0 Å². The Morgan fingerprint density at radius 2 is 1.86 bits per heavy atom. The molecular formula is C22H29N3O3S. The smallest absolute Gasteiger partial charge is 0.251 e. The van der Waals surface area contributed by atoms with E-state index in [1.54, 1.807) is 11.3 Å². The number of hydrogen-bond donors (Lipinski definition) is 2. The summed E-state index contributed by atoms with van der Waals surface area (Å²) in [6, 6.07) is 12.2. The Morgan fingerprint density at radius 1 is 1.14 bits per heavy atom. The lowest BCUT2D eigenvalue weighted by atomic mass is 10.1. The predicted octanol–water partition coefficient (Wildman–Crippen LogP) is 2.51. The molecule has 0 saturated carbocycles. The molecular weight excluding hydrogens is 386 g/mol. The number of ether oxygens (including phenoxy) is 1. The van der Waals surface area contributed by atoms with Crippen LogP contribution in [0.2, 0.25) is 0 Å². The van der Waals surface area contributed by atoms with Crippen molar-refractivity contribution in [1.29, 1.82) is 0 Å². The van der Waals surface area contributed by atoms with E-state index >= 15 is 0 Å². The molecule has 0 radical (unpaired) electrons. The fourth-order valence-electron chi connectivity index (χ4n) is 4.02. The summed E-state index contributed by atoms with van der Waals surface area (Å²) in [5.74, 6) is -0.0413. The molecule has 29 heavy (non-hydrogen) atoms. The molecule has 1 amide bonds. The monoisotopic (exact) mass is 415 g/mol. The molecule has 2 aromatic rings. The lowest BCUT2D eigenvalue weighted by Crippen LogP contribution is -2.43. The fraction of sp³-hybridized carbons (Fsp3) is 0.500. The second-order valence-corrected chi connectivity index (χ2v) is 8.63. The molecule has 1 aromatic heterocycles. The summed E-state index contributed by atoms with van der Waals surface area (Å²) in [7, 11) is 0. The zero-order valence-electron chi connectivity index (χ0n) is 16.6. The Labute approximate surface area is 176 Å². The van der Waals surface area contributed by atoms with Gasteiger partial charge in [0.05, 0.1) is 25.4 Å². The van der Waals surface area contributed by atoms with Crippen molar-refractivity contribution in [2.24, 2.45) is 0 Å². The Kier molecular flexibility index (Phi) is 6.82. The molecule has 1 aromatic carbocycles. The molecule has 0 aliphatic carbocycles. The van der Waals surface area contributed by atoms with Crippen molar-refractivity contribution >= 4 is 22.9 Å². The highest BCUT2D eigenvalue weighted by atomic mass is 32.1. The number of hydrogen-bond acceptors (Lipinski definition) is 6. The van der Waals surface area contributed by atoms with Gasteiger partial charge in [-0.2, -0.15) is 0 Å². The maximum Gasteiger partial charge on any atom is 0.251 e. The van der Waals surface area contributed by atoms with Gasteiger partial charge in [-0.25, -0.2) is 0 Å². The maximum atomic E-state index is 12.7. The van der Waals surface area contributed by atoms with Gasteiger partial charge in [-0.1, -0.05) is 6.07 Å². The molecule has 2 fully saturated rings. The van der Waals surface area contributed by atoms with E-state index < -0.39 is 0 Å². The number of carbonyl (C=O) groups is 1. The minimum atomic E-state index is -0.181. The predicted molar refractivity (Wildman–Crippen MR) is 116 cm³/mol. The van der Waals surface area contributed by atoms with Crippen molar-refractivity contribution in [3.05, 3.63) is 52.2 Å². The van der Waals surface area contributed by atoms with E-state index in [1.165, 1.54) is 4.88 Å². The number of nitrogens with zero attached hydrogens (tertiary/aromatic N) is 2. The SMILES string of the molecule is O=C(NCC(c1cccs1)N1CCOCC1)c1ccc(N2CCC(O)CC2)cc1. The number of nitrogens with one attached hydrogen (secondary N) is 1.